The third-order valence-electron chi connectivity index (χ3n) is 5.94. The molecule has 1 aliphatic heterocycles. The average molecular weight is 514 g/mol. The summed E-state index contributed by atoms with van der Waals surface area (Å²) in [7, 11) is 0. The number of hydrogen-bond donors (Lipinski definition) is 1. The summed E-state index contributed by atoms with van der Waals surface area (Å²) in [6.07, 6.45) is -2.61. The number of morpholine rings is 1. The predicted octanol–water partition coefficient (Wildman–Crippen LogP) is 6.33. The number of ether oxygens (including phenoxy) is 1. The molecule has 0 radical (unpaired) electrons. The van der Waals surface area contributed by atoms with Crippen molar-refractivity contribution in [2.24, 2.45) is 0 Å². The van der Waals surface area contributed by atoms with Crippen LogP contribution in [0, 0.1) is 0 Å². The molecule has 10 heteroatoms. The molecule has 5 rings (SSSR count). The van der Waals surface area contributed by atoms with Crippen molar-refractivity contribution in [3.8, 4) is 11.3 Å². The van der Waals surface area contributed by atoms with Gasteiger partial charge >= 0.3 is 6.18 Å². The molecule has 1 saturated heterocycles. The Labute approximate surface area is 211 Å². The van der Waals surface area contributed by atoms with Gasteiger partial charge in [0.2, 0.25) is 0 Å². The first-order valence-corrected chi connectivity index (χ1v) is 11.8. The molecule has 186 valence electrons. The lowest BCUT2D eigenvalue weighted by molar-refractivity contribution is -0.137. The molecular formula is C26H23ClF3N5O. The highest BCUT2D eigenvalue weighted by Gasteiger charge is 2.30. The van der Waals surface area contributed by atoms with Gasteiger partial charge < -0.3 is 10.1 Å². The minimum absolute atomic E-state index is 0.113. The maximum absolute atomic E-state index is 13.0. The molecule has 4 aromatic rings. The third kappa shape index (κ3) is 5.43. The summed E-state index contributed by atoms with van der Waals surface area (Å²) in [6, 6.07) is 14.0. The fourth-order valence-electron chi connectivity index (χ4n) is 4.20. The normalized spacial score (nSPS) is 16.9. The number of nitrogens with one attached hydrogen (secondary N) is 1. The lowest BCUT2D eigenvalue weighted by Crippen LogP contribution is -2.40. The van der Waals surface area contributed by atoms with E-state index in [1.54, 1.807) is 18.3 Å². The lowest BCUT2D eigenvalue weighted by Gasteiger charge is -2.30. The SMILES string of the molecule is C[C@@H]1CN(Cc2nc(Nc3ccc(C(F)(F)F)cc3)c3ccc(-c4ncccc4Cl)cc3n2)CCO1. The number of anilines is 2. The second kappa shape index (κ2) is 10.0. The first-order valence-electron chi connectivity index (χ1n) is 11.5. The van der Waals surface area contributed by atoms with Crippen molar-refractivity contribution < 1.29 is 17.9 Å². The van der Waals surface area contributed by atoms with Crippen LogP contribution < -0.4 is 5.32 Å². The quantitative estimate of drug-likeness (QED) is 0.336. The number of benzene rings is 2. The molecule has 0 amide bonds. The zero-order chi connectivity index (χ0) is 25.3. The Morgan fingerprint density at radius 1 is 1.11 bits per heavy atom. The summed E-state index contributed by atoms with van der Waals surface area (Å²) in [5.41, 5.74) is 1.90. The van der Waals surface area contributed by atoms with Crippen LogP contribution in [0.2, 0.25) is 5.02 Å². The van der Waals surface area contributed by atoms with E-state index >= 15 is 0 Å². The van der Waals surface area contributed by atoms with Gasteiger partial charge in [0.15, 0.2) is 0 Å². The Morgan fingerprint density at radius 3 is 2.64 bits per heavy atom. The van der Waals surface area contributed by atoms with Crippen LogP contribution in [0.5, 0.6) is 0 Å². The highest BCUT2D eigenvalue weighted by Crippen LogP contribution is 2.33. The molecular weight excluding hydrogens is 491 g/mol. The van der Waals surface area contributed by atoms with E-state index in [0.717, 1.165) is 36.2 Å². The van der Waals surface area contributed by atoms with Crippen LogP contribution in [0.15, 0.2) is 60.8 Å². The maximum atomic E-state index is 13.0. The van der Waals surface area contributed by atoms with E-state index in [4.69, 9.17) is 26.3 Å². The van der Waals surface area contributed by atoms with Gasteiger partial charge in [-0.25, -0.2) is 9.97 Å². The van der Waals surface area contributed by atoms with Gasteiger partial charge in [0.05, 0.1) is 41.1 Å². The lowest BCUT2D eigenvalue weighted by atomic mass is 10.1. The number of fused-ring (bicyclic) bond motifs is 1. The summed E-state index contributed by atoms with van der Waals surface area (Å²) in [5, 5.41) is 4.43. The minimum atomic E-state index is -4.40. The Bertz CT molecular complexity index is 1380. The molecule has 0 bridgehead atoms. The molecule has 0 spiro atoms. The molecule has 0 aliphatic carbocycles. The molecule has 0 unspecified atom stereocenters. The number of hydrogen-bond acceptors (Lipinski definition) is 6. The van der Waals surface area contributed by atoms with Crippen molar-refractivity contribution in [1.82, 2.24) is 19.9 Å². The van der Waals surface area contributed by atoms with Crippen molar-refractivity contribution in [2.45, 2.75) is 25.7 Å². The van der Waals surface area contributed by atoms with Crippen LogP contribution in [0.1, 0.15) is 18.3 Å². The van der Waals surface area contributed by atoms with E-state index in [9.17, 15) is 13.2 Å². The van der Waals surface area contributed by atoms with Crippen LogP contribution in [0.3, 0.4) is 0 Å². The van der Waals surface area contributed by atoms with Crippen LogP contribution in [0.4, 0.5) is 24.7 Å². The summed E-state index contributed by atoms with van der Waals surface area (Å²) in [6.45, 7) is 4.69. The third-order valence-corrected chi connectivity index (χ3v) is 6.25. The van der Waals surface area contributed by atoms with Gasteiger partial charge in [-0.05, 0) is 55.5 Å². The molecule has 3 heterocycles. The molecule has 2 aromatic carbocycles. The van der Waals surface area contributed by atoms with Gasteiger partial charge in [-0.2, -0.15) is 13.2 Å². The average Bonchev–Trinajstić information content (AvgIpc) is 2.84. The van der Waals surface area contributed by atoms with Crippen molar-refractivity contribution in [1.29, 1.82) is 0 Å². The van der Waals surface area contributed by atoms with E-state index in [0.29, 0.717) is 46.7 Å². The van der Waals surface area contributed by atoms with E-state index in [2.05, 4.69) is 15.2 Å². The highest BCUT2D eigenvalue weighted by atomic mass is 35.5. The monoisotopic (exact) mass is 513 g/mol. The molecule has 1 N–H and O–H groups in total. The van der Waals surface area contributed by atoms with E-state index in [1.807, 2.05) is 25.1 Å². The Hall–Kier alpha value is -3.27. The van der Waals surface area contributed by atoms with E-state index in [-0.39, 0.29) is 6.10 Å². The largest absolute Gasteiger partial charge is 0.416 e. The number of pyridine rings is 1. The van der Waals surface area contributed by atoms with Gasteiger partial charge in [-0.1, -0.05) is 17.7 Å². The second-order valence-electron chi connectivity index (χ2n) is 8.67. The first kappa shape index (κ1) is 24.4. The Morgan fingerprint density at radius 2 is 1.92 bits per heavy atom. The van der Waals surface area contributed by atoms with Gasteiger partial charge in [0, 0.05) is 35.9 Å². The van der Waals surface area contributed by atoms with E-state index in [1.165, 1.54) is 12.1 Å². The smallest absolute Gasteiger partial charge is 0.376 e. The molecule has 1 fully saturated rings. The number of rotatable bonds is 5. The van der Waals surface area contributed by atoms with Crippen LogP contribution >= 0.6 is 11.6 Å². The van der Waals surface area contributed by atoms with Crippen molar-refractivity contribution in [3.05, 3.63) is 77.2 Å². The zero-order valence-electron chi connectivity index (χ0n) is 19.4. The second-order valence-corrected chi connectivity index (χ2v) is 9.08. The molecule has 0 saturated carbocycles. The highest BCUT2D eigenvalue weighted by molar-refractivity contribution is 6.33. The first-order chi connectivity index (χ1) is 17.3. The summed E-state index contributed by atoms with van der Waals surface area (Å²) in [5.74, 6) is 1.10. The van der Waals surface area contributed by atoms with Gasteiger partial charge in [0.1, 0.15) is 11.6 Å². The van der Waals surface area contributed by atoms with Crippen LogP contribution in [-0.2, 0) is 17.5 Å². The zero-order valence-corrected chi connectivity index (χ0v) is 20.1. The van der Waals surface area contributed by atoms with E-state index < -0.39 is 11.7 Å². The Balaban J connectivity index is 1.54. The predicted molar refractivity (Wildman–Crippen MR) is 133 cm³/mol. The van der Waals surface area contributed by atoms with Crippen molar-refractivity contribution in [2.75, 3.05) is 25.0 Å². The van der Waals surface area contributed by atoms with Crippen molar-refractivity contribution in [3.63, 3.8) is 0 Å². The Kier molecular flexibility index (Phi) is 6.79. The molecule has 2 aromatic heterocycles. The van der Waals surface area contributed by atoms with Gasteiger partial charge in [0.25, 0.3) is 0 Å². The number of aromatic nitrogens is 3. The fourth-order valence-corrected chi connectivity index (χ4v) is 4.43. The van der Waals surface area contributed by atoms with Crippen molar-refractivity contribution >= 4 is 34.0 Å². The van der Waals surface area contributed by atoms with Gasteiger partial charge in [-0.15, -0.1) is 0 Å². The fraction of sp³-hybridized carbons (Fsp3) is 0.269. The molecule has 6 nitrogen and oxygen atoms in total. The van der Waals surface area contributed by atoms with Gasteiger partial charge in [-0.3, -0.25) is 9.88 Å². The number of alkyl halides is 3. The number of halogens is 4. The maximum Gasteiger partial charge on any atom is 0.416 e. The topological polar surface area (TPSA) is 63.2 Å². The summed E-state index contributed by atoms with van der Waals surface area (Å²) >= 11 is 6.36. The molecule has 1 atom stereocenters. The number of nitrogens with zero attached hydrogens (tertiary/aromatic N) is 4. The molecule has 1 aliphatic rings. The minimum Gasteiger partial charge on any atom is -0.376 e. The van der Waals surface area contributed by atoms with Crippen LogP contribution in [-0.4, -0.2) is 45.7 Å². The summed E-state index contributed by atoms with van der Waals surface area (Å²) < 4.78 is 44.6. The molecule has 36 heavy (non-hydrogen) atoms. The van der Waals surface area contributed by atoms with Crippen LogP contribution in [0.25, 0.3) is 22.2 Å². The standard InChI is InChI=1S/C26H23ClF3N5O/c1-16-14-35(11-12-36-16)15-23-33-22-13-17(24-21(27)3-2-10-31-24)4-9-20(22)25(34-23)32-19-7-5-18(6-8-19)26(28,29)30/h2-10,13,16H,11-12,14-15H2,1H3,(H,32,33,34)/t16-/m1/s1. The summed E-state index contributed by atoms with van der Waals surface area (Å²) in [4.78, 5) is 16.2.